The van der Waals surface area contributed by atoms with Crippen LogP contribution < -0.4 is 5.32 Å². The number of anilines is 1. The van der Waals surface area contributed by atoms with E-state index in [1.807, 2.05) is 17.5 Å². The molecule has 0 aliphatic carbocycles. The first-order valence-electron chi connectivity index (χ1n) is 10.3. The Morgan fingerprint density at radius 3 is 2.25 bits per heavy atom. The number of nitrogens with zero attached hydrogens (tertiary/aromatic N) is 2. The van der Waals surface area contributed by atoms with Crippen molar-refractivity contribution in [3.8, 4) is 11.8 Å². The van der Waals surface area contributed by atoms with E-state index in [9.17, 15) is 22.8 Å². The fourth-order valence-electron chi connectivity index (χ4n) is 4.19. The zero-order valence-electron chi connectivity index (χ0n) is 17.2. The van der Waals surface area contributed by atoms with Crippen LogP contribution in [0, 0.1) is 17.3 Å². The van der Waals surface area contributed by atoms with Gasteiger partial charge in [0.1, 0.15) is 0 Å². The lowest BCUT2D eigenvalue weighted by atomic mass is 9.78. The van der Waals surface area contributed by atoms with Crippen LogP contribution in [0.3, 0.4) is 0 Å². The van der Waals surface area contributed by atoms with Crippen LogP contribution in [0.2, 0.25) is 0 Å². The standard InChI is InChI=1S/C23H22F3N3O2S/c24-23(25,26)17-3-5-18(6-4-17)27-21(31)29-14-11-22(16-29)9-12-28(13-10-22)20(30)8-7-19-2-1-15-32-19/h1-6,15H,9-14,16H2,(H,27,31). The number of benzene rings is 1. The van der Waals surface area contributed by atoms with Crippen molar-refractivity contribution >= 4 is 29.0 Å². The van der Waals surface area contributed by atoms with Gasteiger partial charge in [0.05, 0.1) is 10.4 Å². The molecule has 3 amide bonds. The number of likely N-dealkylation sites (tertiary alicyclic amines) is 2. The number of alkyl halides is 3. The molecule has 2 saturated heterocycles. The average Bonchev–Trinajstić information content (AvgIpc) is 3.43. The van der Waals surface area contributed by atoms with Crippen molar-refractivity contribution < 1.29 is 22.8 Å². The first-order chi connectivity index (χ1) is 15.2. The second-order valence-corrected chi connectivity index (χ2v) is 9.14. The van der Waals surface area contributed by atoms with Crippen LogP contribution >= 0.6 is 11.3 Å². The van der Waals surface area contributed by atoms with Crippen molar-refractivity contribution in [2.45, 2.75) is 25.4 Å². The van der Waals surface area contributed by atoms with Crippen LogP contribution in [0.5, 0.6) is 0 Å². The van der Waals surface area contributed by atoms with E-state index in [0.29, 0.717) is 31.9 Å². The molecule has 2 fully saturated rings. The Labute approximate surface area is 188 Å². The second kappa shape index (κ2) is 8.87. The largest absolute Gasteiger partial charge is 0.416 e. The second-order valence-electron chi connectivity index (χ2n) is 8.20. The Morgan fingerprint density at radius 2 is 1.66 bits per heavy atom. The number of piperidine rings is 1. The molecule has 3 heterocycles. The summed E-state index contributed by atoms with van der Waals surface area (Å²) in [5.41, 5.74) is -0.458. The Balaban J connectivity index is 1.29. The van der Waals surface area contributed by atoms with Gasteiger partial charge in [-0.15, -0.1) is 11.3 Å². The molecule has 2 aliphatic rings. The van der Waals surface area contributed by atoms with Gasteiger partial charge in [0, 0.05) is 37.8 Å². The van der Waals surface area contributed by atoms with E-state index in [2.05, 4.69) is 17.2 Å². The number of hydrogen-bond donors (Lipinski definition) is 1. The summed E-state index contributed by atoms with van der Waals surface area (Å²) in [6.07, 6.45) is -1.97. The summed E-state index contributed by atoms with van der Waals surface area (Å²) in [6.45, 7) is 2.36. The van der Waals surface area contributed by atoms with E-state index in [0.717, 1.165) is 36.3 Å². The fourth-order valence-corrected chi connectivity index (χ4v) is 4.76. The molecular weight excluding hydrogens is 439 g/mol. The van der Waals surface area contributed by atoms with Gasteiger partial charge in [0.2, 0.25) is 0 Å². The predicted molar refractivity (Wildman–Crippen MR) is 116 cm³/mol. The Hall–Kier alpha value is -2.99. The van der Waals surface area contributed by atoms with Crippen LogP contribution in [-0.4, -0.2) is 47.9 Å². The van der Waals surface area contributed by atoms with Crippen LogP contribution in [0.15, 0.2) is 41.8 Å². The Kier molecular flexibility index (Phi) is 6.15. The molecule has 9 heteroatoms. The quantitative estimate of drug-likeness (QED) is 0.628. The van der Waals surface area contributed by atoms with Gasteiger partial charge in [-0.3, -0.25) is 4.79 Å². The summed E-state index contributed by atoms with van der Waals surface area (Å²) < 4.78 is 38.1. The summed E-state index contributed by atoms with van der Waals surface area (Å²) in [7, 11) is 0. The molecule has 1 aromatic carbocycles. The zero-order valence-corrected chi connectivity index (χ0v) is 18.1. The molecular formula is C23H22F3N3O2S. The molecule has 1 spiro atoms. The maximum atomic E-state index is 12.7. The van der Waals surface area contributed by atoms with Crippen molar-refractivity contribution in [3.05, 3.63) is 52.2 Å². The lowest BCUT2D eigenvalue weighted by Crippen LogP contribution is -2.44. The third-order valence-electron chi connectivity index (χ3n) is 6.11. The highest BCUT2D eigenvalue weighted by Crippen LogP contribution is 2.40. The van der Waals surface area contributed by atoms with E-state index in [1.165, 1.54) is 23.5 Å². The molecule has 32 heavy (non-hydrogen) atoms. The molecule has 2 aliphatic heterocycles. The Morgan fingerprint density at radius 1 is 1.00 bits per heavy atom. The van der Waals surface area contributed by atoms with Gasteiger partial charge in [0.15, 0.2) is 0 Å². The lowest BCUT2D eigenvalue weighted by molar-refractivity contribution is -0.137. The summed E-state index contributed by atoms with van der Waals surface area (Å²) in [5, 5.41) is 4.59. The van der Waals surface area contributed by atoms with E-state index in [-0.39, 0.29) is 17.4 Å². The molecule has 0 bridgehead atoms. The van der Waals surface area contributed by atoms with E-state index in [1.54, 1.807) is 9.80 Å². The van der Waals surface area contributed by atoms with E-state index >= 15 is 0 Å². The molecule has 5 nitrogen and oxygen atoms in total. The highest BCUT2D eigenvalue weighted by molar-refractivity contribution is 7.10. The van der Waals surface area contributed by atoms with Gasteiger partial charge in [-0.1, -0.05) is 6.07 Å². The molecule has 1 aromatic heterocycles. The minimum Gasteiger partial charge on any atom is -0.332 e. The van der Waals surface area contributed by atoms with Crippen LogP contribution in [0.4, 0.5) is 23.7 Å². The maximum Gasteiger partial charge on any atom is 0.416 e. The highest BCUT2D eigenvalue weighted by Gasteiger charge is 2.42. The molecule has 168 valence electrons. The van der Waals surface area contributed by atoms with Crippen molar-refractivity contribution in [1.29, 1.82) is 0 Å². The number of rotatable bonds is 1. The molecule has 0 radical (unpaired) electrons. The van der Waals surface area contributed by atoms with Crippen molar-refractivity contribution in [3.63, 3.8) is 0 Å². The van der Waals surface area contributed by atoms with Crippen molar-refractivity contribution in [1.82, 2.24) is 9.80 Å². The van der Waals surface area contributed by atoms with E-state index < -0.39 is 11.7 Å². The molecule has 0 atom stereocenters. The molecule has 2 aromatic rings. The summed E-state index contributed by atoms with van der Waals surface area (Å²) in [6, 6.07) is 7.87. The number of carbonyl (C=O) groups excluding carboxylic acids is 2. The molecule has 0 unspecified atom stereocenters. The third-order valence-corrected chi connectivity index (χ3v) is 6.90. The van der Waals surface area contributed by atoms with Crippen LogP contribution in [-0.2, 0) is 11.0 Å². The third kappa shape index (κ3) is 5.07. The number of halogens is 3. The topological polar surface area (TPSA) is 52.7 Å². The van der Waals surface area contributed by atoms with Gasteiger partial charge in [-0.05, 0) is 66.3 Å². The van der Waals surface area contributed by atoms with Crippen molar-refractivity contribution in [2.24, 2.45) is 5.41 Å². The zero-order chi connectivity index (χ0) is 22.8. The van der Waals surface area contributed by atoms with Gasteiger partial charge in [0.25, 0.3) is 5.91 Å². The monoisotopic (exact) mass is 461 g/mol. The van der Waals surface area contributed by atoms with Crippen molar-refractivity contribution in [2.75, 3.05) is 31.5 Å². The summed E-state index contributed by atoms with van der Waals surface area (Å²) in [5.74, 6) is 5.42. The predicted octanol–water partition coefficient (Wildman–Crippen LogP) is 4.67. The fraction of sp³-hybridized carbons (Fsp3) is 0.391. The number of thiophene rings is 1. The minimum atomic E-state index is -4.41. The number of urea groups is 1. The van der Waals surface area contributed by atoms with Gasteiger partial charge in [-0.2, -0.15) is 13.2 Å². The number of amides is 3. The number of hydrogen-bond acceptors (Lipinski definition) is 3. The first kappa shape index (κ1) is 22.2. The van der Waals surface area contributed by atoms with Gasteiger partial charge >= 0.3 is 12.2 Å². The summed E-state index contributed by atoms with van der Waals surface area (Å²) in [4.78, 5) is 29.3. The summed E-state index contributed by atoms with van der Waals surface area (Å²) >= 11 is 1.49. The lowest BCUT2D eigenvalue weighted by Gasteiger charge is -2.38. The van der Waals surface area contributed by atoms with Crippen LogP contribution in [0.1, 0.15) is 29.7 Å². The number of carbonyl (C=O) groups is 2. The maximum absolute atomic E-state index is 12.7. The molecule has 1 N–H and O–H groups in total. The highest BCUT2D eigenvalue weighted by atomic mass is 32.1. The minimum absolute atomic E-state index is 0.0323. The smallest absolute Gasteiger partial charge is 0.332 e. The average molecular weight is 462 g/mol. The van der Waals surface area contributed by atoms with Crippen LogP contribution in [0.25, 0.3) is 0 Å². The number of nitrogens with one attached hydrogen (secondary N) is 1. The molecule has 4 rings (SSSR count). The normalized spacial score (nSPS) is 17.7. The molecule has 0 saturated carbocycles. The van der Waals surface area contributed by atoms with Gasteiger partial charge in [-0.25, -0.2) is 4.79 Å². The van der Waals surface area contributed by atoms with E-state index in [4.69, 9.17) is 0 Å². The Bertz CT molecular complexity index is 1030. The van der Waals surface area contributed by atoms with Gasteiger partial charge < -0.3 is 15.1 Å². The first-order valence-corrected chi connectivity index (χ1v) is 11.2. The SMILES string of the molecule is O=C(C#Cc1cccs1)N1CCC2(CC1)CCN(C(=O)Nc1ccc(C(F)(F)F)cc1)C2.